The van der Waals surface area contributed by atoms with E-state index in [9.17, 15) is 8.78 Å². The van der Waals surface area contributed by atoms with Crippen molar-refractivity contribution < 1.29 is 13.5 Å². The molecule has 0 amide bonds. The van der Waals surface area contributed by atoms with Gasteiger partial charge in [-0.2, -0.15) is 13.9 Å². The third-order valence-corrected chi connectivity index (χ3v) is 5.08. The lowest BCUT2D eigenvalue weighted by Gasteiger charge is -2.35. The quantitative estimate of drug-likeness (QED) is 0.659. The highest BCUT2D eigenvalue weighted by atomic mass is 19.3. The van der Waals surface area contributed by atoms with Gasteiger partial charge in [0.05, 0.1) is 5.69 Å². The Morgan fingerprint density at radius 2 is 1.90 bits per heavy atom. The van der Waals surface area contributed by atoms with Gasteiger partial charge in [-0.15, -0.1) is 10.2 Å². The molecule has 0 aliphatic carbocycles. The van der Waals surface area contributed by atoms with Crippen LogP contribution >= 0.6 is 0 Å². The molecule has 158 valence electrons. The number of aromatic nitrogens is 4. The Kier molecular flexibility index (Phi) is 5.78. The molecule has 3 aromatic rings. The summed E-state index contributed by atoms with van der Waals surface area (Å²) < 4.78 is 30.8. The van der Waals surface area contributed by atoms with Gasteiger partial charge in [0, 0.05) is 30.5 Å². The van der Waals surface area contributed by atoms with Gasteiger partial charge in [-0.25, -0.2) is 4.68 Å². The van der Waals surface area contributed by atoms with Gasteiger partial charge in [0.25, 0.3) is 0 Å². The topological polar surface area (TPSA) is 68.1 Å². The molecule has 4 rings (SSSR count). The lowest BCUT2D eigenvalue weighted by atomic mass is 10.0. The van der Waals surface area contributed by atoms with E-state index in [4.69, 9.17) is 0 Å². The van der Waals surface area contributed by atoms with Crippen LogP contribution in [0.1, 0.15) is 24.2 Å². The first-order valence-corrected chi connectivity index (χ1v) is 9.91. The number of halogens is 2. The van der Waals surface area contributed by atoms with Gasteiger partial charge in [0.1, 0.15) is 11.6 Å². The average molecular weight is 414 g/mol. The second-order valence-corrected chi connectivity index (χ2v) is 7.42. The van der Waals surface area contributed by atoms with E-state index < -0.39 is 6.61 Å². The molecule has 0 saturated carbocycles. The number of hydrogen-bond acceptors (Lipinski definition) is 6. The number of aryl methyl sites for hydroxylation is 2. The van der Waals surface area contributed by atoms with Crippen LogP contribution in [0, 0.1) is 13.8 Å². The summed E-state index contributed by atoms with van der Waals surface area (Å²) in [6.45, 7) is 2.82. The lowest BCUT2D eigenvalue weighted by Crippen LogP contribution is -2.42. The number of nitrogens with zero attached hydrogens (tertiary/aromatic N) is 5. The van der Waals surface area contributed by atoms with Crippen LogP contribution in [0.3, 0.4) is 0 Å². The van der Waals surface area contributed by atoms with E-state index in [-0.39, 0.29) is 11.8 Å². The largest absolute Gasteiger partial charge is 0.435 e. The second-order valence-electron chi connectivity index (χ2n) is 7.42. The first-order valence-electron chi connectivity index (χ1n) is 9.91. The number of anilines is 2. The summed E-state index contributed by atoms with van der Waals surface area (Å²) in [5, 5.41) is 16.5. The number of alkyl halides is 2. The zero-order chi connectivity index (χ0) is 21.1. The van der Waals surface area contributed by atoms with Crippen molar-refractivity contribution in [1.29, 1.82) is 0 Å². The van der Waals surface area contributed by atoms with E-state index >= 15 is 0 Å². The summed E-state index contributed by atoms with van der Waals surface area (Å²) in [6, 6.07) is 12.8. The lowest BCUT2D eigenvalue weighted by molar-refractivity contribution is -0.0498. The number of nitrogens with one attached hydrogen (secondary N) is 1. The highest BCUT2D eigenvalue weighted by Crippen LogP contribution is 2.25. The Hall–Kier alpha value is -3.23. The average Bonchev–Trinajstić information content (AvgIpc) is 3.07. The smallest absolute Gasteiger partial charge is 0.387 e. The van der Waals surface area contributed by atoms with E-state index in [0.717, 1.165) is 43.0 Å². The maximum absolute atomic E-state index is 12.3. The number of rotatable bonds is 6. The van der Waals surface area contributed by atoms with E-state index in [1.54, 1.807) is 16.8 Å². The van der Waals surface area contributed by atoms with Crippen molar-refractivity contribution in [3.05, 3.63) is 53.9 Å². The summed E-state index contributed by atoms with van der Waals surface area (Å²) in [5.74, 6) is 1.56. The van der Waals surface area contributed by atoms with Gasteiger partial charge < -0.3 is 15.0 Å². The van der Waals surface area contributed by atoms with Crippen LogP contribution in [0.2, 0.25) is 0 Å². The van der Waals surface area contributed by atoms with Crippen molar-refractivity contribution in [2.75, 3.05) is 23.3 Å². The molecule has 2 aromatic heterocycles. The van der Waals surface area contributed by atoms with Gasteiger partial charge in [-0.05, 0) is 69.2 Å². The zero-order valence-corrected chi connectivity index (χ0v) is 16.9. The Morgan fingerprint density at radius 1 is 1.10 bits per heavy atom. The minimum atomic E-state index is -2.81. The van der Waals surface area contributed by atoms with E-state index in [0.29, 0.717) is 11.6 Å². The predicted molar refractivity (Wildman–Crippen MR) is 111 cm³/mol. The van der Waals surface area contributed by atoms with Crippen LogP contribution in [-0.2, 0) is 0 Å². The molecule has 0 radical (unpaired) electrons. The van der Waals surface area contributed by atoms with E-state index in [1.807, 2.05) is 44.2 Å². The fraction of sp³-hybridized carbons (Fsp3) is 0.381. The highest BCUT2D eigenvalue weighted by Gasteiger charge is 2.21. The van der Waals surface area contributed by atoms with Gasteiger partial charge in [-0.1, -0.05) is 0 Å². The van der Waals surface area contributed by atoms with Crippen LogP contribution in [0.4, 0.5) is 20.3 Å². The third kappa shape index (κ3) is 4.67. The highest BCUT2D eigenvalue weighted by molar-refractivity contribution is 5.50. The Morgan fingerprint density at radius 3 is 2.53 bits per heavy atom. The molecular weight excluding hydrogens is 390 g/mol. The minimum Gasteiger partial charge on any atom is -0.435 e. The maximum atomic E-state index is 12.3. The molecule has 0 bridgehead atoms. The van der Waals surface area contributed by atoms with Crippen LogP contribution in [0.15, 0.2) is 42.5 Å². The van der Waals surface area contributed by atoms with Gasteiger partial charge in [-0.3, -0.25) is 0 Å². The maximum Gasteiger partial charge on any atom is 0.387 e. The van der Waals surface area contributed by atoms with Crippen molar-refractivity contribution in [2.45, 2.75) is 39.3 Å². The van der Waals surface area contributed by atoms with Crippen LogP contribution in [0.5, 0.6) is 5.75 Å². The molecule has 1 fully saturated rings. The molecule has 1 aliphatic rings. The molecule has 30 heavy (non-hydrogen) atoms. The number of piperidine rings is 1. The standard InChI is InChI=1S/C21H24F2N6O/c1-14-12-15(2)29(27-14)20-10-9-19(25-26-20)24-16-4-3-11-28(13-16)17-5-7-18(8-6-17)30-21(22)23/h5-10,12,16,21H,3-4,11,13H2,1-2H3,(H,24,25). The monoisotopic (exact) mass is 414 g/mol. The SMILES string of the molecule is Cc1cc(C)n(-c2ccc(NC3CCCN(c4ccc(OC(F)F)cc4)C3)nn2)n1. The molecule has 0 spiro atoms. The molecule has 9 heteroatoms. The third-order valence-electron chi connectivity index (χ3n) is 5.08. The summed E-state index contributed by atoms with van der Waals surface area (Å²) in [5.41, 5.74) is 2.93. The molecule has 7 nitrogen and oxygen atoms in total. The summed E-state index contributed by atoms with van der Waals surface area (Å²) in [7, 11) is 0. The van der Waals surface area contributed by atoms with Crippen molar-refractivity contribution in [3.8, 4) is 11.6 Å². The van der Waals surface area contributed by atoms with Gasteiger partial charge in [0.15, 0.2) is 5.82 Å². The second kappa shape index (κ2) is 8.64. The van der Waals surface area contributed by atoms with Gasteiger partial charge in [0.2, 0.25) is 0 Å². The minimum absolute atomic E-state index is 0.165. The molecule has 1 atom stereocenters. The number of ether oxygens (including phenoxy) is 1. The Balaban J connectivity index is 1.38. The van der Waals surface area contributed by atoms with Crippen molar-refractivity contribution in [1.82, 2.24) is 20.0 Å². The first kappa shape index (κ1) is 20.1. The molecule has 3 heterocycles. The number of hydrogen-bond donors (Lipinski definition) is 1. The molecule has 1 saturated heterocycles. The van der Waals surface area contributed by atoms with Crippen LogP contribution in [-0.4, -0.2) is 45.7 Å². The van der Waals surface area contributed by atoms with Crippen LogP contribution < -0.4 is 15.0 Å². The van der Waals surface area contributed by atoms with Crippen molar-refractivity contribution in [2.24, 2.45) is 0 Å². The zero-order valence-electron chi connectivity index (χ0n) is 16.9. The summed E-state index contributed by atoms with van der Waals surface area (Å²) in [4.78, 5) is 2.23. The predicted octanol–water partition coefficient (Wildman–Crippen LogP) is 3.96. The normalized spacial score (nSPS) is 16.7. The molecular formula is C21H24F2N6O. The van der Waals surface area contributed by atoms with Gasteiger partial charge >= 0.3 is 6.61 Å². The first-order chi connectivity index (χ1) is 14.5. The number of benzene rings is 1. The molecule has 1 aliphatic heterocycles. The molecule has 1 aromatic carbocycles. The summed E-state index contributed by atoms with van der Waals surface area (Å²) >= 11 is 0. The fourth-order valence-electron chi connectivity index (χ4n) is 3.75. The fourth-order valence-corrected chi connectivity index (χ4v) is 3.75. The molecule has 1 unspecified atom stereocenters. The molecule has 1 N–H and O–H groups in total. The van der Waals surface area contributed by atoms with Crippen LogP contribution in [0.25, 0.3) is 5.82 Å². The van der Waals surface area contributed by atoms with Crippen molar-refractivity contribution >= 4 is 11.5 Å². The Labute approximate surface area is 173 Å². The van der Waals surface area contributed by atoms with Crippen molar-refractivity contribution in [3.63, 3.8) is 0 Å². The summed E-state index contributed by atoms with van der Waals surface area (Å²) in [6.07, 6.45) is 2.04. The van der Waals surface area contributed by atoms with E-state index in [1.165, 1.54) is 0 Å². The Bertz CT molecular complexity index is 974. The van der Waals surface area contributed by atoms with E-state index in [2.05, 4.69) is 30.2 Å².